The second-order valence-electron chi connectivity index (χ2n) is 6.19. The maximum absolute atomic E-state index is 3.34. The zero-order chi connectivity index (χ0) is 14.8. The molecule has 21 heavy (non-hydrogen) atoms. The lowest BCUT2D eigenvalue weighted by Gasteiger charge is -2.28. The van der Waals surface area contributed by atoms with E-state index >= 15 is 0 Å². The topological polar surface area (TPSA) is 15.3 Å². The van der Waals surface area contributed by atoms with Gasteiger partial charge in [-0.3, -0.25) is 4.90 Å². The van der Waals surface area contributed by atoms with Gasteiger partial charge in [-0.1, -0.05) is 25.1 Å². The van der Waals surface area contributed by atoms with Crippen molar-refractivity contribution < 1.29 is 0 Å². The maximum Gasteiger partial charge on any atom is 0.0349 e. The highest BCUT2D eigenvalue weighted by Gasteiger charge is 2.30. The fourth-order valence-corrected chi connectivity index (χ4v) is 4.88. The second-order valence-corrected chi connectivity index (χ2v) is 7.33. The van der Waals surface area contributed by atoms with E-state index in [4.69, 9.17) is 0 Å². The van der Waals surface area contributed by atoms with Crippen molar-refractivity contribution in [3.8, 4) is 0 Å². The van der Waals surface area contributed by atoms with Crippen molar-refractivity contribution in [2.24, 2.45) is 0 Å². The number of rotatable bonds is 5. The van der Waals surface area contributed by atoms with Crippen LogP contribution >= 0.6 is 11.3 Å². The molecule has 2 nitrogen and oxygen atoms in total. The van der Waals surface area contributed by atoms with Crippen LogP contribution in [0.1, 0.15) is 43.6 Å². The Morgan fingerprint density at radius 3 is 2.86 bits per heavy atom. The summed E-state index contributed by atoms with van der Waals surface area (Å²) in [5.41, 5.74) is 1.55. The van der Waals surface area contributed by atoms with E-state index in [0.717, 1.165) is 25.2 Å². The quantitative estimate of drug-likeness (QED) is 0.881. The molecule has 0 radical (unpaired) electrons. The van der Waals surface area contributed by atoms with Gasteiger partial charge in [0.2, 0.25) is 0 Å². The van der Waals surface area contributed by atoms with Gasteiger partial charge < -0.3 is 5.32 Å². The Kier molecular flexibility index (Phi) is 4.63. The summed E-state index contributed by atoms with van der Waals surface area (Å²) in [5.74, 6) is 0. The number of benzene rings is 1. The molecule has 3 heteroatoms. The van der Waals surface area contributed by atoms with Gasteiger partial charge in [-0.15, -0.1) is 11.3 Å². The average Bonchev–Trinajstić information content (AvgIpc) is 3.02. The van der Waals surface area contributed by atoms with Gasteiger partial charge in [0, 0.05) is 34.8 Å². The number of nitrogens with one attached hydrogen (secondary N) is 1. The van der Waals surface area contributed by atoms with Crippen molar-refractivity contribution in [3.05, 3.63) is 34.7 Å². The van der Waals surface area contributed by atoms with Crippen molar-refractivity contribution in [2.75, 3.05) is 7.05 Å². The molecule has 2 aromatic rings. The highest BCUT2D eigenvalue weighted by molar-refractivity contribution is 7.19. The first-order valence-corrected chi connectivity index (χ1v) is 8.95. The van der Waals surface area contributed by atoms with E-state index in [2.05, 4.69) is 48.3 Å². The Morgan fingerprint density at radius 2 is 2.10 bits per heavy atom. The van der Waals surface area contributed by atoms with E-state index in [1.807, 2.05) is 18.4 Å². The molecule has 1 aliphatic rings. The molecule has 1 aromatic heterocycles. The summed E-state index contributed by atoms with van der Waals surface area (Å²) >= 11 is 1.95. The summed E-state index contributed by atoms with van der Waals surface area (Å²) in [6.07, 6.45) is 3.98. The van der Waals surface area contributed by atoms with Gasteiger partial charge in [-0.2, -0.15) is 0 Å². The van der Waals surface area contributed by atoms with Crippen LogP contribution in [0.2, 0.25) is 0 Å². The van der Waals surface area contributed by atoms with Crippen molar-refractivity contribution in [1.82, 2.24) is 10.2 Å². The van der Waals surface area contributed by atoms with E-state index in [0.29, 0.717) is 0 Å². The van der Waals surface area contributed by atoms with Crippen LogP contribution in [0.15, 0.2) is 24.3 Å². The van der Waals surface area contributed by atoms with Gasteiger partial charge in [0.25, 0.3) is 0 Å². The SMILES string of the molecule is CCC1CCC(C)N1Cc1c(CNC)sc2ccccc12. The Labute approximate surface area is 132 Å². The summed E-state index contributed by atoms with van der Waals surface area (Å²) in [5, 5.41) is 4.80. The molecular formula is C18H26N2S. The molecule has 1 aromatic carbocycles. The van der Waals surface area contributed by atoms with Crippen molar-refractivity contribution in [2.45, 2.75) is 58.3 Å². The Balaban J connectivity index is 1.96. The Morgan fingerprint density at radius 1 is 1.29 bits per heavy atom. The Bertz CT molecular complexity index is 604. The zero-order valence-electron chi connectivity index (χ0n) is 13.4. The van der Waals surface area contributed by atoms with Gasteiger partial charge >= 0.3 is 0 Å². The maximum atomic E-state index is 3.34. The predicted octanol–water partition coefficient (Wildman–Crippen LogP) is 4.38. The van der Waals surface area contributed by atoms with Crippen LogP contribution in [0.5, 0.6) is 0 Å². The third kappa shape index (κ3) is 2.87. The minimum atomic E-state index is 0.719. The average molecular weight is 302 g/mol. The molecule has 0 amide bonds. The van der Waals surface area contributed by atoms with Gasteiger partial charge in [-0.25, -0.2) is 0 Å². The van der Waals surface area contributed by atoms with Crippen molar-refractivity contribution >= 4 is 21.4 Å². The molecule has 1 fully saturated rings. The van der Waals surface area contributed by atoms with E-state index in [1.165, 1.54) is 34.2 Å². The summed E-state index contributed by atoms with van der Waals surface area (Å²) in [6.45, 7) is 6.81. The van der Waals surface area contributed by atoms with Gasteiger partial charge in [0.1, 0.15) is 0 Å². The predicted molar refractivity (Wildman–Crippen MR) is 92.9 cm³/mol. The molecular weight excluding hydrogens is 276 g/mol. The lowest BCUT2D eigenvalue weighted by molar-refractivity contribution is 0.190. The lowest BCUT2D eigenvalue weighted by atomic mass is 10.1. The minimum Gasteiger partial charge on any atom is -0.315 e. The van der Waals surface area contributed by atoms with E-state index < -0.39 is 0 Å². The highest BCUT2D eigenvalue weighted by atomic mass is 32.1. The van der Waals surface area contributed by atoms with Gasteiger partial charge in [0.05, 0.1) is 0 Å². The largest absolute Gasteiger partial charge is 0.315 e. The van der Waals surface area contributed by atoms with E-state index in [-0.39, 0.29) is 0 Å². The number of fused-ring (bicyclic) bond motifs is 1. The van der Waals surface area contributed by atoms with Crippen LogP contribution in [-0.2, 0) is 13.1 Å². The molecule has 0 bridgehead atoms. The number of hydrogen-bond acceptors (Lipinski definition) is 3. The number of hydrogen-bond donors (Lipinski definition) is 1. The minimum absolute atomic E-state index is 0.719. The van der Waals surface area contributed by atoms with E-state index in [1.54, 1.807) is 5.56 Å². The number of thiophene rings is 1. The zero-order valence-corrected chi connectivity index (χ0v) is 14.2. The van der Waals surface area contributed by atoms with Gasteiger partial charge in [0.15, 0.2) is 0 Å². The Hall–Kier alpha value is -0.900. The third-order valence-corrected chi connectivity index (χ3v) is 6.10. The number of likely N-dealkylation sites (tertiary alicyclic amines) is 1. The molecule has 0 spiro atoms. The summed E-state index contributed by atoms with van der Waals surface area (Å²) in [6, 6.07) is 10.4. The first-order valence-electron chi connectivity index (χ1n) is 8.14. The van der Waals surface area contributed by atoms with Gasteiger partial charge in [-0.05, 0) is 50.2 Å². The normalized spacial score (nSPS) is 23.2. The highest BCUT2D eigenvalue weighted by Crippen LogP contribution is 2.35. The molecule has 2 heterocycles. The molecule has 2 unspecified atom stereocenters. The smallest absolute Gasteiger partial charge is 0.0349 e. The fourth-order valence-electron chi connectivity index (χ4n) is 3.66. The van der Waals surface area contributed by atoms with Crippen LogP contribution in [-0.4, -0.2) is 24.0 Å². The standard InChI is InChI=1S/C18H26N2S/c1-4-14-10-9-13(2)20(14)12-16-15-7-5-6-8-17(15)21-18(16)11-19-3/h5-8,13-14,19H,4,9-12H2,1-3H3. The summed E-state index contributed by atoms with van der Waals surface area (Å²) in [4.78, 5) is 4.24. The summed E-state index contributed by atoms with van der Waals surface area (Å²) < 4.78 is 1.43. The summed E-state index contributed by atoms with van der Waals surface area (Å²) in [7, 11) is 2.04. The van der Waals surface area contributed by atoms with Crippen LogP contribution < -0.4 is 5.32 Å². The van der Waals surface area contributed by atoms with Crippen molar-refractivity contribution in [3.63, 3.8) is 0 Å². The molecule has 0 aliphatic carbocycles. The van der Waals surface area contributed by atoms with E-state index in [9.17, 15) is 0 Å². The molecule has 1 N–H and O–H groups in total. The molecule has 1 aliphatic heterocycles. The first-order chi connectivity index (χ1) is 10.2. The lowest BCUT2D eigenvalue weighted by Crippen LogP contribution is -2.33. The molecule has 2 atom stereocenters. The third-order valence-electron chi connectivity index (χ3n) is 4.88. The van der Waals surface area contributed by atoms with Crippen LogP contribution in [0.25, 0.3) is 10.1 Å². The van der Waals surface area contributed by atoms with Crippen LogP contribution in [0, 0.1) is 0 Å². The van der Waals surface area contributed by atoms with Crippen molar-refractivity contribution in [1.29, 1.82) is 0 Å². The number of nitrogens with zero attached hydrogens (tertiary/aromatic N) is 1. The monoisotopic (exact) mass is 302 g/mol. The first kappa shape index (κ1) is 15.0. The van der Waals surface area contributed by atoms with Crippen LogP contribution in [0.3, 0.4) is 0 Å². The fraction of sp³-hybridized carbons (Fsp3) is 0.556. The van der Waals surface area contributed by atoms with Crippen LogP contribution in [0.4, 0.5) is 0 Å². The molecule has 3 rings (SSSR count). The molecule has 114 valence electrons. The molecule has 1 saturated heterocycles. The second kappa shape index (κ2) is 6.47. The molecule has 0 saturated carbocycles.